The Bertz CT molecular complexity index is 784. The van der Waals surface area contributed by atoms with E-state index >= 15 is 0 Å². The first-order valence-electron chi connectivity index (χ1n) is 8.31. The third kappa shape index (κ3) is 3.34. The molecule has 2 atom stereocenters. The molecule has 2 unspecified atom stereocenters. The Kier molecular flexibility index (Phi) is 4.45. The zero-order valence-corrected chi connectivity index (χ0v) is 15.3. The zero-order valence-electron chi connectivity index (χ0n) is 13.7. The summed E-state index contributed by atoms with van der Waals surface area (Å²) in [6.07, 6.45) is 2.00. The fraction of sp³-hybridized carbons (Fsp3) is 0.500. The zero-order chi connectivity index (χ0) is 18.3. The van der Waals surface area contributed by atoms with E-state index in [1.807, 2.05) is 4.90 Å². The van der Waals surface area contributed by atoms with Crippen LogP contribution in [-0.4, -0.2) is 45.6 Å². The van der Waals surface area contributed by atoms with Crippen molar-refractivity contribution in [2.24, 2.45) is 5.92 Å². The van der Waals surface area contributed by atoms with Crippen LogP contribution in [0.15, 0.2) is 29.3 Å². The van der Waals surface area contributed by atoms with Gasteiger partial charge < -0.3 is 9.80 Å². The highest BCUT2D eigenvalue weighted by Gasteiger charge is 2.40. The number of anilines is 2. The van der Waals surface area contributed by atoms with Crippen molar-refractivity contribution in [2.45, 2.75) is 25.1 Å². The van der Waals surface area contributed by atoms with Gasteiger partial charge in [-0.05, 0) is 40.8 Å². The van der Waals surface area contributed by atoms with Crippen molar-refractivity contribution in [3.63, 3.8) is 0 Å². The fourth-order valence-electron chi connectivity index (χ4n) is 3.72. The molecular formula is C16H16BrF3N6. The van der Waals surface area contributed by atoms with E-state index in [1.54, 1.807) is 12.4 Å². The van der Waals surface area contributed by atoms with Gasteiger partial charge in [0.25, 0.3) is 0 Å². The van der Waals surface area contributed by atoms with Crippen molar-refractivity contribution in [3.8, 4) is 0 Å². The van der Waals surface area contributed by atoms with Gasteiger partial charge in [-0.3, -0.25) is 0 Å². The summed E-state index contributed by atoms with van der Waals surface area (Å²) in [7, 11) is 0. The minimum Gasteiger partial charge on any atom is -0.350 e. The molecule has 2 aromatic rings. The van der Waals surface area contributed by atoms with Crippen LogP contribution in [0.2, 0.25) is 0 Å². The van der Waals surface area contributed by atoms with Gasteiger partial charge in [-0.1, -0.05) is 0 Å². The van der Waals surface area contributed by atoms with Gasteiger partial charge >= 0.3 is 6.18 Å². The molecule has 0 N–H and O–H groups in total. The number of hydrogen-bond donors (Lipinski definition) is 0. The highest BCUT2D eigenvalue weighted by molar-refractivity contribution is 9.10. The third-order valence-corrected chi connectivity index (χ3v) is 5.39. The Hall–Kier alpha value is -1.97. The van der Waals surface area contributed by atoms with Gasteiger partial charge in [-0.25, -0.2) is 19.9 Å². The number of fused-ring (bicyclic) bond motifs is 1. The van der Waals surface area contributed by atoms with E-state index in [1.165, 1.54) is 6.20 Å². The van der Waals surface area contributed by atoms with E-state index in [4.69, 9.17) is 0 Å². The monoisotopic (exact) mass is 428 g/mol. The quantitative estimate of drug-likeness (QED) is 0.732. The predicted octanol–water partition coefficient (Wildman–Crippen LogP) is 3.15. The first-order chi connectivity index (χ1) is 12.4. The standard InChI is InChI=1S/C16H16BrF3N6/c17-13-7-23-14(8-22-13)26-6-3-10-2-5-25(9-11(10)26)15-21-4-1-12(24-15)16(18,19)20/h1,4,7-8,10-11H,2-3,5-6,9H2. The average Bonchev–Trinajstić information content (AvgIpc) is 3.05. The summed E-state index contributed by atoms with van der Waals surface area (Å²) < 4.78 is 39.5. The van der Waals surface area contributed by atoms with Crippen molar-refractivity contribution in [3.05, 3.63) is 35.0 Å². The van der Waals surface area contributed by atoms with E-state index in [2.05, 4.69) is 40.8 Å². The van der Waals surface area contributed by atoms with Crippen LogP contribution in [0.1, 0.15) is 18.5 Å². The van der Waals surface area contributed by atoms with Crippen LogP contribution in [0.3, 0.4) is 0 Å². The second kappa shape index (κ2) is 6.64. The Morgan fingerprint density at radius 3 is 2.62 bits per heavy atom. The van der Waals surface area contributed by atoms with Gasteiger partial charge in [0, 0.05) is 25.8 Å². The summed E-state index contributed by atoms with van der Waals surface area (Å²) in [4.78, 5) is 20.4. The van der Waals surface area contributed by atoms with Gasteiger partial charge in [-0.2, -0.15) is 13.2 Å². The molecule has 0 saturated carbocycles. The SMILES string of the molecule is FC(F)(F)c1ccnc(N2CCC3CCN(c4cnc(Br)cn4)C3C2)n1. The minimum atomic E-state index is -4.47. The molecule has 4 heterocycles. The lowest BCUT2D eigenvalue weighted by Crippen LogP contribution is -2.49. The Labute approximate surface area is 156 Å². The molecule has 6 nitrogen and oxygen atoms in total. The lowest BCUT2D eigenvalue weighted by Gasteiger charge is -2.38. The maximum Gasteiger partial charge on any atom is 0.433 e. The molecule has 0 aliphatic carbocycles. The summed E-state index contributed by atoms with van der Waals surface area (Å²) in [5.74, 6) is 1.40. The second-order valence-electron chi connectivity index (χ2n) is 6.48. The van der Waals surface area contributed by atoms with Crippen molar-refractivity contribution >= 4 is 27.7 Å². The number of aromatic nitrogens is 4. The van der Waals surface area contributed by atoms with Crippen LogP contribution in [-0.2, 0) is 6.18 Å². The van der Waals surface area contributed by atoms with Crippen LogP contribution >= 0.6 is 15.9 Å². The first-order valence-corrected chi connectivity index (χ1v) is 9.10. The lowest BCUT2D eigenvalue weighted by atomic mass is 9.92. The van der Waals surface area contributed by atoms with E-state index < -0.39 is 11.9 Å². The molecule has 0 spiro atoms. The van der Waals surface area contributed by atoms with Gasteiger partial charge in [-0.15, -0.1) is 0 Å². The molecule has 26 heavy (non-hydrogen) atoms. The van der Waals surface area contributed by atoms with Crippen molar-refractivity contribution in [2.75, 3.05) is 29.4 Å². The van der Waals surface area contributed by atoms with Crippen LogP contribution in [0.25, 0.3) is 0 Å². The number of alkyl halides is 3. The summed E-state index contributed by atoms with van der Waals surface area (Å²) in [6, 6.07) is 1.06. The molecule has 0 bridgehead atoms. The normalized spacial score (nSPS) is 23.2. The van der Waals surface area contributed by atoms with Crippen LogP contribution in [0.5, 0.6) is 0 Å². The van der Waals surface area contributed by atoms with E-state index in [0.29, 0.717) is 23.6 Å². The molecule has 2 fully saturated rings. The molecular weight excluding hydrogens is 413 g/mol. The summed E-state index contributed by atoms with van der Waals surface area (Å²) in [6.45, 7) is 2.09. The number of hydrogen-bond acceptors (Lipinski definition) is 6. The number of halogens is 4. The molecule has 0 amide bonds. The topological polar surface area (TPSA) is 58.0 Å². The summed E-state index contributed by atoms with van der Waals surface area (Å²) >= 11 is 3.28. The van der Waals surface area contributed by atoms with Crippen molar-refractivity contribution < 1.29 is 13.2 Å². The molecule has 2 saturated heterocycles. The Morgan fingerprint density at radius 1 is 1.08 bits per heavy atom. The highest BCUT2D eigenvalue weighted by Crippen LogP contribution is 2.35. The third-order valence-electron chi connectivity index (χ3n) is 4.98. The van der Waals surface area contributed by atoms with Gasteiger partial charge in [0.2, 0.25) is 5.95 Å². The lowest BCUT2D eigenvalue weighted by molar-refractivity contribution is -0.141. The molecule has 2 aliphatic heterocycles. The Morgan fingerprint density at radius 2 is 1.88 bits per heavy atom. The second-order valence-corrected chi connectivity index (χ2v) is 7.29. The molecule has 10 heteroatoms. The predicted molar refractivity (Wildman–Crippen MR) is 92.8 cm³/mol. The van der Waals surface area contributed by atoms with Crippen LogP contribution in [0, 0.1) is 5.92 Å². The van der Waals surface area contributed by atoms with Gasteiger partial charge in [0.05, 0.1) is 18.4 Å². The molecule has 0 aromatic carbocycles. The van der Waals surface area contributed by atoms with Crippen LogP contribution < -0.4 is 9.80 Å². The largest absolute Gasteiger partial charge is 0.433 e. The number of nitrogens with zero attached hydrogens (tertiary/aromatic N) is 6. The average molecular weight is 429 g/mol. The molecule has 4 rings (SSSR count). The maximum absolute atomic E-state index is 12.9. The fourth-order valence-corrected chi connectivity index (χ4v) is 3.92. The van der Waals surface area contributed by atoms with Crippen molar-refractivity contribution in [1.29, 1.82) is 0 Å². The van der Waals surface area contributed by atoms with E-state index in [-0.39, 0.29) is 12.0 Å². The van der Waals surface area contributed by atoms with E-state index in [9.17, 15) is 13.2 Å². The number of piperidine rings is 1. The number of rotatable bonds is 2. The Balaban J connectivity index is 1.56. The van der Waals surface area contributed by atoms with Crippen LogP contribution in [0.4, 0.5) is 24.9 Å². The van der Waals surface area contributed by atoms with E-state index in [0.717, 1.165) is 31.3 Å². The van der Waals surface area contributed by atoms with Crippen molar-refractivity contribution in [1.82, 2.24) is 19.9 Å². The van der Waals surface area contributed by atoms with Gasteiger partial charge in [0.1, 0.15) is 16.1 Å². The maximum atomic E-state index is 12.9. The first kappa shape index (κ1) is 17.4. The molecule has 2 aromatic heterocycles. The molecule has 2 aliphatic rings. The highest BCUT2D eigenvalue weighted by atomic mass is 79.9. The smallest absolute Gasteiger partial charge is 0.350 e. The minimum absolute atomic E-state index is 0.131. The molecule has 0 radical (unpaired) electrons. The molecule has 138 valence electrons. The summed E-state index contributed by atoms with van der Waals surface area (Å²) in [5.41, 5.74) is -0.910. The summed E-state index contributed by atoms with van der Waals surface area (Å²) in [5, 5.41) is 0. The van der Waals surface area contributed by atoms with Gasteiger partial charge in [0.15, 0.2) is 0 Å².